The molecule has 0 saturated carbocycles. The first kappa shape index (κ1) is 20.2. The van der Waals surface area contributed by atoms with E-state index >= 15 is 0 Å². The van der Waals surface area contributed by atoms with Gasteiger partial charge in [0.25, 0.3) is 0 Å². The molecule has 1 aromatic rings. The van der Waals surface area contributed by atoms with Crippen LogP contribution in [0.5, 0.6) is 0 Å². The summed E-state index contributed by atoms with van der Waals surface area (Å²) in [5, 5.41) is 2.66. The molecule has 136 valence electrons. The van der Waals surface area contributed by atoms with Crippen molar-refractivity contribution in [3.63, 3.8) is 0 Å². The highest BCUT2D eigenvalue weighted by molar-refractivity contribution is 7.89. The van der Waals surface area contributed by atoms with Crippen molar-refractivity contribution in [3.8, 4) is 0 Å². The predicted octanol–water partition coefficient (Wildman–Crippen LogP) is 1.00. The Kier molecular flexibility index (Phi) is 6.18. The van der Waals surface area contributed by atoms with Crippen LogP contribution in [0.15, 0.2) is 4.90 Å². The molecule has 1 rings (SSSR count). The zero-order valence-corrected chi connectivity index (χ0v) is 15.7. The van der Waals surface area contributed by atoms with E-state index in [0.29, 0.717) is 11.4 Å². The molecule has 0 atom stereocenters. The second kappa shape index (κ2) is 7.35. The van der Waals surface area contributed by atoms with E-state index < -0.39 is 34.0 Å². The number of carbonyl (C=O) groups is 2. The number of hydrogen-bond donors (Lipinski definition) is 3. The second-order valence-electron chi connectivity index (χ2n) is 6.42. The van der Waals surface area contributed by atoms with Gasteiger partial charge in [0.1, 0.15) is 10.5 Å². The van der Waals surface area contributed by atoms with Gasteiger partial charge in [-0.05, 0) is 41.5 Å². The SMILES string of the molecule is CCOC(=O)c1c(C)[nH]c(C)c1S(=O)(=O)NCC(=O)NC(C)(C)C. The molecule has 8 nitrogen and oxygen atoms in total. The first-order valence-corrected chi connectivity index (χ1v) is 9.04. The summed E-state index contributed by atoms with van der Waals surface area (Å²) in [6.07, 6.45) is 0. The molecular formula is C15H25N3O5S. The molecular weight excluding hydrogens is 334 g/mol. The molecule has 1 aromatic heterocycles. The second-order valence-corrected chi connectivity index (χ2v) is 8.13. The molecule has 0 radical (unpaired) electrons. The molecule has 0 fully saturated rings. The molecule has 0 aliphatic heterocycles. The van der Waals surface area contributed by atoms with Crippen molar-refractivity contribution in [2.75, 3.05) is 13.2 Å². The van der Waals surface area contributed by atoms with Crippen LogP contribution < -0.4 is 10.0 Å². The van der Waals surface area contributed by atoms with Gasteiger partial charge in [-0.1, -0.05) is 0 Å². The highest BCUT2D eigenvalue weighted by Crippen LogP contribution is 2.24. The van der Waals surface area contributed by atoms with Crippen molar-refractivity contribution in [1.29, 1.82) is 0 Å². The quantitative estimate of drug-likeness (QED) is 0.655. The Morgan fingerprint density at radius 1 is 1.17 bits per heavy atom. The smallest absolute Gasteiger partial charge is 0.341 e. The zero-order valence-electron chi connectivity index (χ0n) is 14.9. The van der Waals surface area contributed by atoms with Gasteiger partial charge in [-0.2, -0.15) is 0 Å². The van der Waals surface area contributed by atoms with Gasteiger partial charge >= 0.3 is 5.97 Å². The average Bonchev–Trinajstić information content (AvgIpc) is 2.70. The highest BCUT2D eigenvalue weighted by atomic mass is 32.2. The molecule has 3 N–H and O–H groups in total. The van der Waals surface area contributed by atoms with Crippen LogP contribution >= 0.6 is 0 Å². The van der Waals surface area contributed by atoms with E-state index in [1.165, 1.54) is 0 Å². The van der Waals surface area contributed by atoms with Crippen molar-refractivity contribution in [2.24, 2.45) is 0 Å². The highest BCUT2D eigenvalue weighted by Gasteiger charge is 2.30. The molecule has 0 bridgehead atoms. The van der Waals surface area contributed by atoms with Crippen LogP contribution in [0.2, 0.25) is 0 Å². The summed E-state index contributed by atoms with van der Waals surface area (Å²) in [7, 11) is -4.06. The standard InChI is InChI=1S/C15H25N3O5S/c1-7-23-14(20)12-9(2)17-10(3)13(12)24(21,22)16-8-11(19)18-15(4,5)6/h16-17H,7-8H2,1-6H3,(H,18,19). The van der Waals surface area contributed by atoms with E-state index in [1.54, 1.807) is 41.5 Å². The number of amides is 1. The lowest BCUT2D eigenvalue weighted by molar-refractivity contribution is -0.121. The molecule has 1 amide bonds. The van der Waals surface area contributed by atoms with Crippen LogP contribution in [-0.2, 0) is 19.6 Å². The molecule has 0 unspecified atom stereocenters. The zero-order chi connectivity index (χ0) is 18.7. The van der Waals surface area contributed by atoms with E-state index in [4.69, 9.17) is 4.74 Å². The van der Waals surface area contributed by atoms with Gasteiger partial charge in [0.05, 0.1) is 13.2 Å². The van der Waals surface area contributed by atoms with Gasteiger partial charge < -0.3 is 15.0 Å². The first-order chi connectivity index (χ1) is 10.9. The Morgan fingerprint density at radius 3 is 2.25 bits per heavy atom. The number of carbonyl (C=O) groups excluding carboxylic acids is 2. The minimum atomic E-state index is -4.06. The van der Waals surface area contributed by atoms with Crippen molar-refractivity contribution in [3.05, 3.63) is 17.0 Å². The molecule has 9 heteroatoms. The maximum atomic E-state index is 12.5. The summed E-state index contributed by atoms with van der Waals surface area (Å²) in [6.45, 7) is 9.84. The number of aryl methyl sites for hydroxylation is 2. The van der Waals surface area contributed by atoms with Crippen LogP contribution in [0.3, 0.4) is 0 Å². The van der Waals surface area contributed by atoms with Gasteiger partial charge in [-0.15, -0.1) is 0 Å². The molecule has 0 saturated heterocycles. The van der Waals surface area contributed by atoms with Crippen molar-refractivity contribution in [1.82, 2.24) is 15.0 Å². The molecule has 24 heavy (non-hydrogen) atoms. The number of sulfonamides is 1. The van der Waals surface area contributed by atoms with E-state index in [-0.39, 0.29) is 17.1 Å². The minimum absolute atomic E-state index is 0.0434. The Labute approximate surface area is 142 Å². The topological polar surface area (TPSA) is 117 Å². The van der Waals surface area contributed by atoms with Crippen LogP contribution in [-0.4, -0.2) is 44.0 Å². The Bertz CT molecular complexity index is 729. The van der Waals surface area contributed by atoms with Crippen LogP contribution in [0.1, 0.15) is 49.4 Å². The summed E-state index contributed by atoms with van der Waals surface area (Å²) in [6, 6.07) is 0. The van der Waals surface area contributed by atoms with E-state index in [1.807, 2.05) is 0 Å². The lowest BCUT2D eigenvalue weighted by Gasteiger charge is -2.20. The van der Waals surface area contributed by atoms with Gasteiger partial charge in [-0.25, -0.2) is 17.9 Å². The molecule has 0 aromatic carbocycles. The number of esters is 1. The third-order valence-corrected chi connectivity index (χ3v) is 4.58. The molecule has 0 aliphatic rings. The van der Waals surface area contributed by atoms with E-state index in [2.05, 4.69) is 15.0 Å². The summed E-state index contributed by atoms with van der Waals surface area (Å²) < 4.78 is 32.2. The fourth-order valence-corrected chi connectivity index (χ4v) is 3.66. The van der Waals surface area contributed by atoms with Gasteiger partial charge in [0, 0.05) is 16.9 Å². The number of rotatable bonds is 6. The summed E-state index contributed by atoms with van der Waals surface area (Å²) in [5.41, 5.74) is 0.182. The maximum Gasteiger partial charge on any atom is 0.341 e. The lowest BCUT2D eigenvalue weighted by Crippen LogP contribution is -2.45. The minimum Gasteiger partial charge on any atom is -0.462 e. The van der Waals surface area contributed by atoms with Gasteiger partial charge in [0.2, 0.25) is 15.9 Å². The maximum absolute atomic E-state index is 12.5. The van der Waals surface area contributed by atoms with Crippen molar-refractivity contribution < 1.29 is 22.7 Å². The average molecular weight is 359 g/mol. The van der Waals surface area contributed by atoms with Gasteiger partial charge in [0.15, 0.2) is 0 Å². The summed E-state index contributed by atoms with van der Waals surface area (Å²) in [4.78, 5) is 26.5. The number of aromatic nitrogens is 1. The number of H-pyrrole nitrogens is 1. The Morgan fingerprint density at radius 2 is 1.75 bits per heavy atom. The van der Waals surface area contributed by atoms with Crippen LogP contribution in [0.25, 0.3) is 0 Å². The third kappa shape index (κ3) is 5.07. The molecule has 0 aliphatic carbocycles. The Hall–Kier alpha value is -1.87. The van der Waals surface area contributed by atoms with Crippen molar-refractivity contribution in [2.45, 2.75) is 52.0 Å². The predicted molar refractivity (Wildman–Crippen MR) is 89.3 cm³/mol. The first-order valence-electron chi connectivity index (χ1n) is 7.56. The fourth-order valence-electron chi connectivity index (χ4n) is 2.24. The third-order valence-electron chi connectivity index (χ3n) is 3.00. The number of ether oxygens (including phenoxy) is 1. The Balaban J connectivity index is 3.07. The van der Waals surface area contributed by atoms with Crippen LogP contribution in [0.4, 0.5) is 0 Å². The van der Waals surface area contributed by atoms with Gasteiger partial charge in [-0.3, -0.25) is 4.79 Å². The lowest BCUT2D eigenvalue weighted by atomic mass is 10.1. The fraction of sp³-hybridized carbons (Fsp3) is 0.600. The summed E-state index contributed by atoms with van der Waals surface area (Å²) in [5.74, 6) is -1.19. The molecule has 0 spiro atoms. The normalized spacial score (nSPS) is 12.1. The van der Waals surface area contributed by atoms with Crippen LogP contribution in [0, 0.1) is 13.8 Å². The number of nitrogens with one attached hydrogen (secondary N) is 3. The number of hydrogen-bond acceptors (Lipinski definition) is 5. The largest absolute Gasteiger partial charge is 0.462 e. The van der Waals surface area contributed by atoms with E-state index in [9.17, 15) is 18.0 Å². The summed E-state index contributed by atoms with van der Waals surface area (Å²) >= 11 is 0. The van der Waals surface area contributed by atoms with E-state index in [0.717, 1.165) is 0 Å². The number of aromatic amines is 1. The molecule has 1 heterocycles. The monoisotopic (exact) mass is 359 g/mol. The van der Waals surface area contributed by atoms with Crippen molar-refractivity contribution >= 4 is 21.9 Å².